The van der Waals surface area contributed by atoms with Crippen LogP contribution in [-0.2, 0) is 4.74 Å². The zero-order valence-electron chi connectivity index (χ0n) is 18.4. The Bertz CT molecular complexity index is 854. The molecule has 0 radical (unpaired) electrons. The van der Waals surface area contributed by atoms with Crippen molar-refractivity contribution in [1.82, 2.24) is 9.88 Å². The van der Waals surface area contributed by atoms with E-state index in [0.717, 1.165) is 23.3 Å². The fourth-order valence-electron chi connectivity index (χ4n) is 3.19. The molecule has 29 heavy (non-hydrogen) atoms. The summed E-state index contributed by atoms with van der Waals surface area (Å²) in [6, 6.07) is 10.9. The van der Waals surface area contributed by atoms with Gasteiger partial charge in [0.05, 0.1) is 0 Å². The molecule has 1 aromatic carbocycles. The summed E-state index contributed by atoms with van der Waals surface area (Å²) in [5.41, 5.74) is 1.69. The van der Waals surface area contributed by atoms with Gasteiger partial charge in [-0.1, -0.05) is 0 Å². The summed E-state index contributed by atoms with van der Waals surface area (Å²) in [5.74, 6) is 0.720. The first-order valence-electron chi connectivity index (χ1n) is 10.2. The molecule has 156 valence electrons. The van der Waals surface area contributed by atoms with Crippen molar-refractivity contribution in [3.05, 3.63) is 42.7 Å². The Hall–Kier alpha value is -1.76. The number of carbonyl (C=O) groups is 1. The summed E-state index contributed by atoms with van der Waals surface area (Å²) >= 11 is -2.04. The number of likely N-dealkylation sites (tertiary alicyclic amines) is 1. The molecule has 1 aromatic heterocycles. The van der Waals surface area contributed by atoms with Crippen molar-refractivity contribution < 1.29 is 14.3 Å². The van der Waals surface area contributed by atoms with Gasteiger partial charge in [-0.15, -0.1) is 0 Å². The van der Waals surface area contributed by atoms with Gasteiger partial charge in [-0.3, -0.25) is 0 Å². The minimum absolute atomic E-state index is 0.0482. The molecule has 1 aliphatic heterocycles. The van der Waals surface area contributed by atoms with Gasteiger partial charge in [0.15, 0.2) is 0 Å². The summed E-state index contributed by atoms with van der Waals surface area (Å²) in [7, 11) is 0. The number of amides is 1. The second-order valence-corrected chi connectivity index (χ2v) is 24.2. The van der Waals surface area contributed by atoms with Crippen LogP contribution in [0.5, 0.6) is 5.75 Å². The van der Waals surface area contributed by atoms with Gasteiger partial charge in [-0.2, -0.15) is 0 Å². The van der Waals surface area contributed by atoms with E-state index in [1.807, 2.05) is 33.0 Å². The molecular formula is C23H32N2O3Sn. The average Bonchev–Trinajstić information content (AvgIpc) is 2.59. The van der Waals surface area contributed by atoms with Gasteiger partial charge < -0.3 is 4.74 Å². The predicted molar refractivity (Wildman–Crippen MR) is 119 cm³/mol. The summed E-state index contributed by atoms with van der Waals surface area (Å²) in [5, 5.41) is 0. The van der Waals surface area contributed by atoms with E-state index in [1.54, 1.807) is 11.1 Å². The van der Waals surface area contributed by atoms with Crippen LogP contribution in [0.15, 0.2) is 42.7 Å². The van der Waals surface area contributed by atoms with Crippen molar-refractivity contribution in [1.29, 1.82) is 0 Å². The van der Waals surface area contributed by atoms with Crippen LogP contribution in [0, 0.1) is 0 Å². The first-order valence-corrected chi connectivity index (χ1v) is 20.2. The number of pyridine rings is 1. The molecule has 1 saturated heterocycles. The second kappa shape index (κ2) is 8.54. The van der Waals surface area contributed by atoms with Gasteiger partial charge >= 0.3 is 143 Å². The molecular weight excluding hydrogens is 471 g/mol. The molecule has 3 rings (SSSR count). The summed E-state index contributed by atoms with van der Waals surface area (Å²) < 4.78 is 12.9. The molecule has 2 heterocycles. The molecule has 5 nitrogen and oxygen atoms in total. The molecule has 6 heteroatoms. The summed E-state index contributed by atoms with van der Waals surface area (Å²) in [4.78, 5) is 25.6. The van der Waals surface area contributed by atoms with Crippen molar-refractivity contribution >= 4 is 28.0 Å². The first-order chi connectivity index (χ1) is 13.5. The Balaban J connectivity index is 1.61. The Kier molecular flexibility index (Phi) is 6.46. The Morgan fingerprint density at radius 2 is 1.83 bits per heavy atom. The quantitative estimate of drug-likeness (QED) is 0.557. The molecule has 0 aliphatic carbocycles. The van der Waals surface area contributed by atoms with E-state index >= 15 is 0 Å². The third-order valence-corrected chi connectivity index (χ3v) is 10.9. The van der Waals surface area contributed by atoms with Crippen LogP contribution in [0.1, 0.15) is 27.2 Å². The molecule has 0 bridgehead atoms. The van der Waals surface area contributed by atoms with Crippen LogP contribution < -0.4 is 8.32 Å². The number of carbonyl (C=O) groups excluding carboxylic acids is 1. The Morgan fingerprint density at radius 3 is 2.38 bits per heavy atom. The van der Waals surface area contributed by atoms with E-state index in [-0.39, 0.29) is 12.1 Å². The normalized spacial score (nSPS) is 16.9. The van der Waals surface area contributed by atoms with Gasteiger partial charge in [0, 0.05) is 0 Å². The van der Waals surface area contributed by atoms with Gasteiger partial charge in [0.25, 0.3) is 0 Å². The van der Waals surface area contributed by atoms with Crippen LogP contribution in [0.3, 0.4) is 0 Å². The van der Waals surface area contributed by atoms with Gasteiger partial charge in [0.1, 0.15) is 5.60 Å². The SMILES string of the molecule is CC(C)(C)OC(=O)N1CC[C@H]1COc1cncc(-c2cc[c]([Sn]([CH3])([CH3])[CH3])cc2)c1. The van der Waals surface area contributed by atoms with Gasteiger partial charge in [0.2, 0.25) is 0 Å². The van der Waals surface area contributed by atoms with Crippen molar-refractivity contribution in [2.24, 2.45) is 0 Å². The number of nitrogens with zero attached hydrogens (tertiary/aromatic N) is 2. The minimum atomic E-state index is -2.04. The average molecular weight is 503 g/mol. The van der Waals surface area contributed by atoms with Crippen LogP contribution in [-0.4, -0.2) is 59.1 Å². The van der Waals surface area contributed by atoms with Crippen molar-refractivity contribution in [2.75, 3.05) is 13.2 Å². The Morgan fingerprint density at radius 1 is 1.14 bits per heavy atom. The van der Waals surface area contributed by atoms with Gasteiger partial charge in [-0.05, 0) is 20.8 Å². The van der Waals surface area contributed by atoms with Gasteiger partial charge in [-0.25, -0.2) is 4.79 Å². The van der Waals surface area contributed by atoms with E-state index < -0.39 is 24.0 Å². The number of rotatable bonds is 5. The number of hydrogen-bond donors (Lipinski definition) is 0. The number of ether oxygens (including phenoxy) is 2. The topological polar surface area (TPSA) is 51.7 Å². The molecule has 2 aromatic rings. The molecule has 0 N–H and O–H groups in total. The fourth-order valence-corrected chi connectivity index (χ4v) is 6.52. The molecule has 0 spiro atoms. The van der Waals surface area contributed by atoms with E-state index in [4.69, 9.17) is 9.47 Å². The molecule has 1 fully saturated rings. The van der Waals surface area contributed by atoms with E-state index in [1.165, 1.54) is 3.58 Å². The van der Waals surface area contributed by atoms with E-state index in [0.29, 0.717) is 13.2 Å². The third kappa shape index (κ3) is 5.87. The van der Waals surface area contributed by atoms with Crippen molar-refractivity contribution in [2.45, 2.75) is 53.7 Å². The number of hydrogen-bond acceptors (Lipinski definition) is 4. The van der Waals surface area contributed by atoms with Crippen LogP contribution in [0.25, 0.3) is 11.1 Å². The van der Waals surface area contributed by atoms with Crippen LogP contribution >= 0.6 is 0 Å². The maximum atomic E-state index is 12.2. The summed E-state index contributed by atoms with van der Waals surface area (Å²) in [6.45, 7) is 6.80. The number of benzene rings is 1. The molecule has 0 unspecified atom stereocenters. The standard InChI is InChI=1S/C20H23N2O3.3CH3.Sn/c1-20(2,3)25-19(23)22-10-9-17(22)14-24-18-11-16(12-21-13-18)15-7-5-4-6-8-15;;;;/h5-8,11-13,17H,9-10,14H2,1-3H3;3*1H3;/t17-;;;;/m0..../s1. The Labute approximate surface area is 178 Å². The molecule has 0 saturated carbocycles. The zero-order valence-corrected chi connectivity index (χ0v) is 21.2. The third-order valence-electron chi connectivity index (χ3n) is 5.01. The van der Waals surface area contributed by atoms with E-state index in [9.17, 15) is 4.79 Å². The van der Waals surface area contributed by atoms with E-state index in [2.05, 4.69) is 44.1 Å². The van der Waals surface area contributed by atoms with Crippen LogP contribution in [0.2, 0.25) is 14.8 Å². The molecule has 1 atom stereocenters. The second-order valence-electron chi connectivity index (χ2n) is 9.66. The summed E-state index contributed by atoms with van der Waals surface area (Å²) in [6.07, 6.45) is 4.24. The fraction of sp³-hybridized carbons (Fsp3) is 0.478. The zero-order chi connectivity index (χ0) is 21.2. The molecule has 1 aliphatic rings. The van der Waals surface area contributed by atoms with Crippen LogP contribution in [0.4, 0.5) is 4.79 Å². The first kappa shape index (κ1) is 21.9. The monoisotopic (exact) mass is 504 g/mol. The van der Waals surface area contributed by atoms with Crippen molar-refractivity contribution in [3.63, 3.8) is 0 Å². The van der Waals surface area contributed by atoms with Crippen molar-refractivity contribution in [3.8, 4) is 16.9 Å². The maximum absolute atomic E-state index is 12.2. The predicted octanol–water partition coefficient (Wildman–Crippen LogP) is 4.68. The molecule has 1 amide bonds. The number of aromatic nitrogens is 1.